The van der Waals surface area contributed by atoms with Crippen molar-refractivity contribution < 1.29 is 33.4 Å². The number of hydrogen-bond acceptors (Lipinski definition) is 7. The van der Waals surface area contributed by atoms with Crippen molar-refractivity contribution in [2.75, 3.05) is 0 Å². The van der Waals surface area contributed by atoms with E-state index in [2.05, 4.69) is 39.3 Å². The van der Waals surface area contributed by atoms with Gasteiger partial charge < -0.3 is 14.2 Å². The minimum absolute atomic E-state index is 0.160. The fourth-order valence-corrected chi connectivity index (χ4v) is 6.56. The Hall–Kier alpha value is -3.05. The predicted octanol–water partition coefficient (Wildman–Crippen LogP) is 3.19. The van der Waals surface area contributed by atoms with Crippen LogP contribution in [0.2, 0.25) is 39.3 Å². The molecular formula is C22H22O7Si2. The van der Waals surface area contributed by atoms with E-state index in [9.17, 15) is 19.2 Å². The molecule has 0 fully saturated rings. The van der Waals surface area contributed by atoms with Crippen LogP contribution in [0.1, 0.15) is 41.4 Å². The van der Waals surface area contributed by atoms with E-state index < -0.39 is 40.0 Å². The summed E-state index contributed by atoms with van der Waals surface area (Å²) in [4.78, 5) is 48.4. The lowest BCUT2D eigenvalue weighted by Gasteiger charge is -2.25. The van der Waals surface area contributed by atoms with E-state index >= 15 is 0 Å². The fourth-order valence-electron chi connectivity index (χ4n) is 3.68. The zero-order chi connectivity index (χ0) is 22.9. The number of fused-ring (bicyclic) bond motifs is 2. The summed E-state index contributed by atoms with van der Waals surface area (Å²) in [5.74, 6) is -1.84. The Bertz CT molecular complexity index is 1110. The number of hydrogen-bond donors (Lipinski definition) is 0. The highest BCUT2D eigenvalue weighted by Gasteiger charge is 2.37. The smallest absolute Gasteiger partial charge is 0.347 e. The summed E-state index contributed by atoms with van der Waals surface area (Å²) >= 11 is 0. The molecule has 4 rings (SSSR count). The number of ether oxygens (including phenoxy) is 3. The third-order valence-corrected chi connectivity index (χ3v) is 9.34. The van der Waals surface area contributed by atoms with Gasteiger partial charge in [-0.1, -0.05) is 39.3 Å². The van der Waals surface area contributed by atoms with Gasteiger partial charge in [-0.25, -0.2) is 19.2 Å². The average molecular weight is 455 g/mol. The average Bonchev–Trinajstić information content (AvgIpc) is 3.07. The molecule has 0 spiro atoms. The summed E-state index contributed by atoms with van der Waals surface area (Å²) in [6.07, 6.45) is 0. The van der Waals surface area contributed by atoms with Gasteiger partial charge in [0.25, 0.3) is 0 Å². The number of cyclic esters (lactones) is 4. The van der Waals surface area contributed by atoms with Gasteiger partial charge in [0.1, 0.15) is 11.5 Å². The SMILES string of the molecule is C[Si](C)(C)c1cc2c(cc1Oc1cc3c(cc1[Si](C)(C)C)C(=O)OC3=O)C(=O)OC2=O. The normalized spacial score (nSPS) is 15.5. The number of carbonyl (C=O) groups is 4. The summed E-state index contributed by atoms with van der Waals surface area (Å²) in [5.41, 5.74) is 0.797. The number of esters is 4. The Morgan fingerprint density at radius 3 is 1.13 bits per heavy atom. The Morgan fingerprint density at radius 2 is 0.839 bits per heavy atom. The van der Waals surface area contributed by atoms with Gasteiger partial charge in [-0.15, -0.1) is 0 Å². The predicted molar refractivity (Wildman–Crippen MR) is 118 cm³/mol. The molecule has 31 heavy (non-hydrogen) atoms. The lowest BCUT2D eigenvalue weighted by Crippen LogP contribution is -2.41. The van der Waals surface area contributed by atoms with Gasteiger partial charge in [0.2, 0.25) is 0 Å². The van der Waals surface area contributed by atoms with Gasteiger partial charge in [0, 0.05) is 0 Å². The molecule has 9 heteroatoms. The first kappa shape index (κ1) is 21.2. The van der Waals surface area contributed by atoms with E-state index in [-0.39, 0.29) is 22.3 Å². The molecule has 2 heterocycles. The van der Waals surface area contributed by atoms with E-state index in [0.29, 0.717) is 11.5 Å². The fraction of sp³-hybridized carbons (Fsp3) is 0.273. The van der Waals surface area contributed by atoms with Crippen LogP contribution in [0, 0.1) is 0 Å². The highest BCUT2D eigenvalue weighted by atomic mass is 28.3. The van der Waals surface area contributed by atoms with E-state index in [1.807, 2.05) is 0 Å². The second-order valence-electron chi connectivity index (χ2n) is 9.74. The van der Waals surface area contributed by atoms with E-state index in [0.717, 1.165) is 10.4 Å². The monoisotopic (exact) mass is 454 g/mol. The third kappa shape index (κ3) is 3.53. The lowest BCUT2D eigenvalue weighted by atomic mass is 10.1. The Balaban J connectivity index is 1.92. The summed E-state index contributed by atoms with van der Waals surface area (Å²) in [5, 5.41) is 1.69. The summed E-state index contributed by atoms with van der Waals surface area (Å²) in [7, 11) is -4.03. The largest absolute Gasteiger partial charge is 0.458 e. The molecule has 0 aliphatic carbocycles. The standard InChI is InChI=1S/C22H22O7Si2/c1-30(2,3)17-9-13-11(19(23)28-21(13)25)7-15(17)27-16-8-12-14(22(26)29-20(12)24)10-18(16)31(4,5)6/h7-10H,1-6H3. The van der Waals surface area contributed by atoms with Crippen LogP contribution in [0.4, 0.5) is 0 Å². The second-order valence-corrected chi connectivity index (χ2v) is 19.8. The zero-order valence-electron chi connectivity index (χ0n) is 18.2. The van der Waals surface area contributed by atoms with E-state index in [1.54, 1.807) is 24.3 Å². The first-order valence-corrected chi connectivity index (χ1v) is 16.9. The molecule has 2 aromatic rings. The van der Waals surface area contributed by atoms with Crippen molar-refractivity contribution >= 4 is 50.4 Å². The van der Waals surface area contributed by atoms with Gasteiger partial charge in [0.15, 0.2) is 0 Å². The van der Waals surface area contributed by atoms with Crippen LogP contribution in [0.3, 0.4) is 0 Å². The second kappa shape index (κ2) is 6.73. The summed E-state index contributed by atoms with van der Waals surface area (Å²) < 4.78 is 15.9. The first-order valence-electron chi connectivity index (χ1n) is 9.85. The van der Waals surface area contributed by atoms with Crippen molar-refractivity contribution in [3.8, 4) is 11.5 Å². The molecule has 0 saturated carbocycles. The van der Waals surface area contributed by atoms with Crippen molar-refractivity contribution in [2.24, 2.45) is 0 Å². The maximum Gasteiger partial charge on any atom is 0.347 e. The van der Waals surface area contributed by atoms with Gasteiger partial charge in [0.05, 0.1) is 38.4 Å². The molecule has 0 aromatic heterocycles. The third-order valence-electron chi connectivity index (χ3n) is 5.33. The molecule has 7 nitrogen and oxygen atoms in total. The highest BCUT2D eigenvalue weighted by molar-refractivity contribution is 6.90. The van der Waals surface area contributed by atoms with Crippen LogP contribution in [0.25, 0.3) is 0 Å². The van der Waals surface area contributed by atoms with Crippen molar-refractivity contribution in [1.29, 1.82) is 0 Å². The molecule has 2 aliphatic rings. The molecule has 0 bridgehead atoms. The Labute approximate surface area is 181 Å². The van der Waals surface area contributed by atoms with Gasteiger partial charge in [-0.2, -0.15) is 0 Å². The molecular weight excluding hydrogens is 432 g/mol. The summed E-state index contributed by atoms with van der Waals surface area (Å²) in [6.45, 7) is 12.6. The van der Waals surface area contributed by atoms with Gasteiger partial charge >= 0.3 is 23.9 Å². The van der Waals surface area contributed by atoms with Crippen molar-refractivity contribution in [3.05, 3.63) is 46.5 Å². The number of rotatable bonds is 4. The number of benzene rings is 2. The lowest BCUT2D eigenvalue weighted by molar-refractivity contribution is 0.0425. The zero-order valence-corrected chi connectivity index (χ0v) is 20.2. The van der Waals surface area contributed by atoms with Crippen LogP contribution in [0.5, 0.6) is 11.5 Å². The van der Waals surface area contributed by atoms with Crippen LogP contribution in [-0.2, 0) is 9.47 Å². The Kier molecular flexibility index (Phi) is 4.60. The maximum absolute atomic E-state index is 12.1. The van der Waals surface area contributed by atoms with Crippen LogP contribution in [0.15, 0.2) is 24.3 Å². The molecule has 0 radical (unpaired) electrons. The molecule has 160 valence electrons. The molecule has 0 saturated heterocycles. The van der Waals surface area contributed by atoms with Crippen molar-refractivity contribution in [1.82, 2.24) is 0 Å². The van der Waals surface area contributed by atoms with Gasteiger partial charge in [-0.05, 0) is 34.6 Å². The first-order chi connectivity index (χ1) is 14.3. The summed E-state index contributed by atoms with van der Waals surface area (Å²) in [6, 6.07) is 6.45. The molecule has 0 amide bonds. The molecule has 2 aliphatic heterocycles. The van der Waals surface area contributed by atoms with E-state index in [1.165, 1.54) is 0 Å². The van der Waals surface area contributed by atoms with Crippen LogP contribution < -0.4 is 15.1 Å². The van der Waals surface area contributed by atoms with E-state index in [4.69, 9.17) is 14.2 Å². The highest BCUT2D eigenvalue weighted by Crippen LogP contribution is 2.32. The van der Waals surface area contributed by atoms with Crippen molar-refractivity contribution in [2.45, 2.75) is 39.3 Å². The maximum atomic E-state index is 12.1. The topological polar surface area (TPSA) is 96.0 Å². The molecule has 0 N–H and O–H groups in total. The van der Waals surface area contributed by atoms with Gasteiger partial charge in [-0.3, -0.25) is 0 Å². The molecule has 0 atom stereocenters. The quantitative estimate of drug-likeness (QED) is 0.398. The van der Waals surface area contributed by atoms with Crippen LogP contribution >= 0.6 is 0 Å². The molecule has 2 aromatic carbocycles. The van der Waals surface area contributed by atoms with Crippen LogP contribution in [-0.4, -0.2) is 40.0 Å². The minimum atomic E-state index is -2.01. The molecule has 0 unspecified atom stereocenters. The Morgan fingerprint density at radius 1 is 0.548 bits per heavy atom. The number of carbonyl (C=O) groups excluding carboxylic acids is 4. The van der Waals surface area contributed by atoms with Crippen molar-refractivity contribution in [3.63, 3.8) is 0 Å². The minimum Gasteiger partial charge on any atom is -0.458 e.